The monoisotopic (exact) mass is 433 g/mol. The summed E-state index contributed by atoms with van der Waals surface area (Å²) in [5, 5.41) is 3.15. The number of halogens is 1. The highest BCUT2D eigenvalue weighted by molar-refractivity contribution is 7.99. The van der Waals surface area contributed by atoms with Crippen LogP contribution < -0.4 is 20.3 Å². The first-order valence-electron chi connectivity index (χ1n) is 8.69. The highest BCUT2D eigenvalue weighted by Gasteiger charge is 2.13. The Morgan fingerprint density at radius 3 is 2.69 bits per heavy atom. The summed E-state index contributed by atoms with van der Waals surface area (Å²) < 4.78 is 11.9. The molecule has 9 heteroatoms. The minimum Gasteiger partial charge on any atom is -0.495 e. The number of amides is 1. The quantitative estimate of drug-likeness (QED) is 0.613. The zero-order chi connectivity index (χ0) is 21.0. The Kier molecular flexibility index (Phi) is 6.66. The Morgan fingerprint density at radius 1 is 1.21 bits per heavy atom. The van der Waals surface area contributed by atoms with Gasteiger partial charge in [0.15, 0.2) is 0 Å². The summed E-state index contributed by atoms with van der Waals surface area (Å²) in [5.41, 5.74) is 2.56. The van der Waals surface area contributed by atoms with E-state index in [1.54, 1.807) is 18.3 Å². The van der Waals surface area contributed by atoms with Gasteiger partial charge in [-0.15, -0.1) is 11.8 Å². The molecule has 2 aromatic heterocycles. The Balaban J connectivity index is 1.64. The molecule has 1 aromatic carbocycles. The van der Waals surface area contributed by atoms with Crippen LogP contribution in [0.5, 0.6) is 11.5 Å². The fourth-order valence-electron chi connectivity index (χ4n) is 2.72. The molecule has 3 aromatic rings. The molecule has 152 valence electrons. The number of nitrogens with zero attached hydrogens (tertiary/aromatic N) is 2. The van der Waals surface area contributed by atoms with Gasteiger partial charge >= 0.3 is 0 Å². The van der Waals surface area contributed by atoms with Gasteiger partial charge in [0, 0.05) is 24.1 Å². The molecule has 0 aliphatic heterocycles. The number of carbonyl (C=O) groups is 1. The number of methoxy groups -OCH3 is 2. The van der Waals surface area contributed by atoms with Crippen LogP contribution in [0.1, 0.15) is 11.3 Å². The number of nitrogens with one attached hydrogen (secondary N) is 1. The van der Waals surface area contributed by atoms with Gasteiger partial charge in [-0.05, 0) is 30.7 Å². The highest BCUT2D eigenvalue weighted by Crippen LogP contribution is 2.35. The second-order valence-corrected chi connectivity index (χ2v) is 7.64. The molecular formula is C20H20ClN3O4S. The molecule has 0 atom stereocenters. The maximum Gasteiger partial charge on any atom is 0.258 e. The van der Waals surface area contributed by atoms with Gasteiger partial charge in [-0.3, -0.25) is 14.0 Å². The minimum absolute atomic E-state index is 0.146. The summed E-state index contributed by atoms with van der Waals surface area (Å²) in [6.07, 6.45) is 1.71. The first kappa shape index (κ1) is 21.0. The molecule has 7 nitrogen and oxygen atoms in total. The molecule has 2 heterocycles. The largest absolute Gasteiger partial charge is 0.495 e. The van der Waals surface area contributed by atoms with Crippen molar-refractivity contribution in [2.75, 3.05) is 25.3 Å². The van der Waals surface area contributed by atoms with E-state index >= 15 is 0 Å². The third-order valence-electron chi connectivity index (χ3n) is 4.11. The number of aryl methyl sites for hydroxylation is 1. The molecule has 0 aliphatic carbocycles. The number of carbonyl (C=O) groups excluding carboxylic acids is 1. The molecule has 1 N–H and O–H groups in total. The summed E-state index contributed by atoms with van der Waals surface area (Å²) in [6.45, 7) is 1.94. The Bertz CT molecular complexity index is 1120. The van der Waals surface area contributed by atoms with Crippen LogP contribution in [0.4, 0.5) is 5.69 Å². The summed E-state index contributed by atoms with van der Waals surface area (Å²) in [4.78, 5) is 29.0. The van der Waals surface area contributed by atoms with Crippen molar-refractivity contribution in [1.82, 2.24) is 9.38 Å². The van der Waals surface area contributed by atoms with E-state index in [-0.39, 0.29) is 17.2 Å². The molecule has 0 saturated heterocycles. The van der Waals surface area contributed by atoms with Gasteiger partial charge in [-0.1, -0.05) is 11.6 Å². The van der Waals surface area contributed by atoms with Crippen molar-refractivity contribution < 1.29 is 14.3 Å². The van der Waals surface area contributed by atoms with Gasteiger partial charge in [-0.2, -0.15) is 0 Å². The Morgan fingerprint density at radius 2 is 1.97 bits per heavy atom. The number of aromatic nitrogens is 2. The number of pyridine rings is 1. The maximum absolute atomic E-state index is 12.3. The SMILES string of the molecule is COc1cc(OC)c(NC(=O)CSCc2cc(=O)n3ccc(C)cc3n2)cc1Cl. The Labute approximate surface area is 177 Å². The molecule has 29 heavy (non-hydrogen) atoms. The zero-order valence-corrected chi connectivity index (χ0v) is 17.8. The second-order valence-electron chi connectivity index (χ2n) is 6.25. The molecule has 0 unspecified atom stereocenters. The third-order valence-corrected chi connectivity index (χ3v) is 5.37. The van der Waals surface area contributed by atoms with Crippen LogP contribution in [0.2, 0.25) is 5.02 Å². The van der Waals surface area contributed by atoms with E-state index in [9.17, 15) is 9.59 Å². The van der Waals surface area contributed by atoms with Crippen molar-refractivity contribution in [3.05, 3.63) is 63.2 Å². The van der Waals surface area contributed by atoms with Crippen LogP contribution in [0.25, 0.3) is 5.65 Å². The predicted molar refractivity (Wildman–Crippen MR) is 116 cm³/mol. The number of hydrogen-bond acceptors (Lipinski definition) is 6. The molecular weight excluding hydrogens is 414 g/mol. The summed E-state index contributed by atoms with van der Waals surface area (Å²) in [6, 6.07) is 8.38. The van der Waals surface area contributed by atoms with Crippen LogP contribution in [-0.4, -0.2) is 35.3 Å². The van der Waals surface area contributed by atoms with E-state index in [2.05, 4.69) is 10.3 Å². The van der Waals surface area contributed by atoms with Gasteiger partial charge in [-0.25, -0.2) is 4.98 Å². The van der Waals surface area contributed by atoms with Crippen LogP contribution in [0, 0.1) is 6.92 Å². The smallest absolute Gasteiger partial charge is 0.258 e. The molecule has 1 amide bonds. The van der Waals surface area contributed by atoms with E-state index < -0.39 is 0 Å². The lowest BCUT2D eigenvalue weighted by atomic mass is 10.2. The van der Waals surface area contributed by atoms with Gasteiger partial charge in [0.2, 0.25) is 5.91 Å². The lowest BCUT2D eigenvalue weighted by molar-refractivity contribution is -0.113. The number of hydrogen-bond donors (Lipinski definition) is 1. The first-order chi connectivity index (χ1) is 13.9. The maximum atomic E-state index is 12.3. The van der Waals surface area contributed by atoms with E-state index in [0.29, 0.717) is 39.3 Å². The zero-order valence-electron chi connectivity index (χ0n) is 16.2. The molecule has 3 rings (SSSR count). The van der Waals surface area contributed by atoms with E-state index in [1.165, 1.54) is 36.4 Å². The lowest BCUT2D eigenvalue weighted by Crippen LogP contribution is -2.16. The Hall–Kier alpha value is -2.71. The van der Waals surface area contributed by atoms with Crippen LogP contribution in [0.15, 0.2) is 41.3 Å². The first-order valence-corrected chi connectivity index (χ1v) is 10.2. The average molecular weight is 434 g/mol. The van der Waals surface area contributed by atoms with E-state index in [4.69, 9.17) is 21.1 Å². The summed E-state index contributed by atoms with van der Waals surface area (Å²) >= 11 is 7.48. The fourth-order valence-corrected chi connectivity index (χ4v) is 3.68. The topological polar surface area (TPSA) is 81.9 Å². The molecule has 0 bridgehead atoms. The summed E-state index contributed by atoms with van der Waals surface area (Å²) in [7, 11) is 3.00. The molecule has 0 aliphatic rings. The van der Waals surface area contributed by atoms with Crippen molar-refractivity contribution >= 4 is 40.6 Å². The summed E-state index contributed by atoms with van der Waals surface area (Å²) in [5.74, 6) is 1.31. The predicted octanol–water partition coefficient (Wildman–Crippen LogP) is 3.55. The van der Waals surface area contributed by atoms with Crippen LogP contribution in [-0.2, 0) is 10.5 Å². The molecule has 0 radical (unpaired) electrons. The van der Waals surface area contributed by atoms with Crippen molar-refractivity contribution in [1.29, 1.82) is 0 Å². The van der Waals surface area contributed by atoms with Crippen molar-refractivity contribution in [3.63, 3.8) is 0 Å². The average Bonchev–Trinajstić information content (AvgIpc) is 2.68. The van der Waals surface area contributed by atoms with Crippen molar-refractivity contribution in [2.24, 2.45) is 0 Å². The number of ether oxygens (including phenoxy) is 2. The number of anilines is 1. The number of benzene rings is 1. The molecule has 0 spiro atoms. The second kappa shape index (κ2) is 9.19. The van der Waals surface area contributed by atoms with Gasteiger partial charge in [0.25, 0.3) is 5.56 Å². The van der Waals surface area contributed by atoms with Gasteiger partial charge < -0.3 is 14.8 Å². The van der Waals surface area contributed by atoms with Crippen LogP contribution >= 0.6 is 23.4 Å². The lowest BCUT2D eigenvalue weighted by Gasteiger charge is -2.13. The fraction of sp³-hybridized carbons (Fsp3) is 0.250. The third kappa shape index (κ3) is 5.02. The van der Waals surface area contributed by atoms with Crippen molar-refractivity contribution in [3.8, 4) is 11.5 Å². The van der Waals surface area contributed by atoms with Gasteiger partial charge in [0.05, 0.1) is 36.4 Å². The number of thioether (sulfide) groups is 1. The standard InChI is InChI=1S/C20H20ClN3O4S/c1-12-4-5-24-18(6-12)22-13(7-20(24)26)10-29-11-19(25)23-15-8-14(21)16(27-2)9-17(15)28-3/h4-9H,10-11H2,1-3H3,(H,23,25). The van der Waals surface area contributed by atoms with E-state index in [1.807, 2.05) is 19.1 Å². The normalized spacial score (nSPS) is 10.8. The molecule has 0 saturated carbocycles. The molecule has 0 fully saturated rings. The van der Waals surface area contributed by atoms with Gasteiger partial charge in [0.1, 0.15) is 17.1 Å². The number of rotatable bonds is 7. The van der Waals surface area contributed by atoms with Crippen LogP contribution in [0.3, 0.4) is 0 Å². The minimum atomic E-state index is -0.220. The number of fused-ring (bicyclic) bond motifs is 1. The highest BCUT2D eigenvalue weighted by atomic mass is 35.5. The van der Waals surface area contributed by atoms with Crippen molar-refractivity contribution in [2.45, 2.75) is 12.7 Å². The van der Waals surface area contributed by atoms with E-state index in [0.717, 1.165) is 5.56 Å².